The molecule has 18 heavy (non-hydrogen) atoms. The zero-order valence-corrected chi connectivity index (χ0v) is 12.3. The number of hydrogen-bond donors (Lipinski definition) is 1. The summed E-state index contributed by atoms with van der Waals surface area (Å²) in [5, 5.41) is 3.42. The average molecular weight is 278 g/mol. The number of piperidine rings is 1. The Morgan fingerprint density at radius 3 is 2.50 bits per heavy atom. The molecule has 1 saturated heterocycles. The Hall–Kier alpha value is -0.170. The van der Waals surface area contributed by atoms with E-state index in [0.717, 1.165) is 45.4 Å². The molecule has 0 unspecified atom stereocenters. The molecular weight excluding hydrogens is 252 g/mol. The van der Waals surface area contributed by atoms with Crippen LogP contribution in [0.25, 0.3) is 0 Å². The standard InChI is InChI=1S/C12H26N2O3S/c1-3-4-10-17-11-7-13-12-5-8-14(9-6-12)18(2,15)16/h12-13H,3-11H2,1-2H3. The number of nitrogens with zero attached hydrogens (tertiary/aromatic N) is 1. The highest BCUT2D eigenvalue weighted by Gasteiger charge is 2.24. The number of unbranched alkanes of at least 4 members (excludes halogenated alkanes) is 1. The van der Waals surface area contributed by atoms with Gasteiger partial charge in [-0.15, -0.1) is 0 Å². The molecule has 0 radical (unpaired) electrons. The predicted molar refractivity (Wildman–Crippen MR) is 73.2 cm³/mol. The summed E-state index contributed by atoms with van der Waals surface area (Å²) in [6.45, 7) is 5.85. The van der Waals surface area contributed by atoms with Crippen molar-refractivity contribution >= 4 is 10.0 Å². The summed E-state index contributed by atoms with van der Waals surface area (Å²) in [7, 11) is -3.00. The van der Waals surface area contributed by atoms with E-state index in [0.29, 0.717) is 19.1 Å². The smallest absolute Gasteiger partial charge is 0.211 e. The summed E-state index contributed by atoms with van der Waals surface area (Å²) in [6.07, 6.45) is 5.34. The van der Waals surface area contributed by atoms with Gasteiger partial charge in [0, 0.05) is 32.3 Å². The van der Waals surface area contributed by atoms with Crippen molar-refractivity contribution in [2.24, 2.45) is 0 Å². The summed E-state index contributed by atoms with van der Waals surface area (Å²) in [6, 6.07) is 0.428. The minimum atomic E-state index is -3.00. The second-order valence-corrected chi connectivity index (χ2v) is 6.84. The van der Waals surface area contributed by atoms with Gasteiger partial charge in [0.1, 0.15) is 0 Å². The number of rotatable bonds is 8. The van der Waals surface area contributed by atoms with Crippen molar-refractivity contribution in [2.45, 2.75) is 38.6 Å². The molecule has 1 rings (SSSR count). The quantitative estimate of drug-likeness (QED) is 0.668. The van der Waals surface area contributed by atoms with Gasteiger partial charge in [0.2, 0.25) is 10.0 Å². The van der Waals surface area contributed by atoms with Gasteiger partial charge in [-0.1, -0.05) is 13.3 Å². The van der Waals surface area contributed by atoms with Crippen LogP contribution < -0.4 is 5.32 Å². The van der Waals surface area contributed by atoms with Gasteiger partial charge in [-0.3, -0.25) is 0 Å². The van der Waals surface area contributed by atoms with Crippen LogP contribution in [0, 0.1) is 0 Å². The molecule has 0 spiro atoms. The van der Waals surface area contributed by atoms with Crippen LogP contribution >= 0.6 is 0 Å². The maximum absolute atomic E-state index is 11.3. The van der Waals surface area contributed by atoms with Crippen molar-refractivity contribution in [3.63, 3.8) is 0 Å². The Kier molecular flexibility index (Phi) is 7.14. The summed E-state index contributed by atoms with van der Waals surface area (Å²) in [4.78, 5) is 0. The first-order valence-electron chi connectivity index (χ1n) is 6.80. The molecule has 1 fully saturated rings. The van der Waals surface area contributed by atoms with E-state index in [1.807, 2.05) is 0 Å². The highest BCUT2D eigenvalue weighted by Crippen LogP contribution is 2.12. The number of ether oxygens (including phenoxy) is 1. The van der Waals surface area contributed by atoms with Crippen LogP contribution in [0.3, 0.4) is 0 Å². The van der Waals surface area contributed by atoms with Gasteiger partial charge in [-0.05, 0) is 19.3 Å². The molecule has 1 aliphatic rings. The van der Waals surface area contributed by atoms with E-state index in [1.54, 1.807) is 4.31 Å². The van der Waals surface area contributed by atoms with Gasteiger partial charge in [0.15, 0.2) is 0 Å². The summed E-state index contributed by atoms with van der Waals surface area (Å²) < 4.78 is 29.7. The highest BCUT2D eigenvalue weighted by molar-refractivity contribution is 7.88. The van der Waals surface area contributed by atoms with Crippen LogP contribution in [-0.2, 0) is 14.8 Å². The normalized spacial score (nSPS) is 19.2. The summed E-state index contributed by atoms with van der Waals surface area (Å²) in [5.41, 5.74) is 0. The van der Waals surface area contributed by atoms with Crippen LogP contribution in [0.1, 0.15) is 32.6 Å². The molecule has 0 bridgehead atoms. The predicted octanol–water partition coefficient (Wildman–Crippen LogP) is 0.817. The third kappa shape index (κ3) is 6.13. The van der Waals surface area contributed by atoms with E-state index in [-0.39, 0.29) is 0 Å². The van der Waals surface area contributed by atoms with E-state index in [2.05, 4.69) is 12.2 Å². The van der Waals surface area contributed by atoms with E-state index >= 15 is 0 Å². The van der Waals surface area contributed by atoms with Crippen LogP contribution in [0.4, 0.5) is 0 Å². The fourth-order valence-corrected chi connectivity index (χ4v) is 2.95. The van der Waals surface area contributed by atoms with Crippen LogP contribution in [0.2, 0.25) is 0 Å². The largest absolute Gasteiger partial charge is 0.380 e. The van der Waals surface area contributed by atoms with Gasteiger partial charge < -0.3 is 10.1 Å². The molecule has 1 N–H and O–H groups in total. The summed E-state index contributed by atoms with van der Waals surface area (Å²) >= 11 is 0. The minimum Gasteiger partial charge on any atom is -0.380 e. The van der Waals surface area contributed by atoms with Gasteiger partial charge in [0.05, 0.1) is 12.9 Å². The average Bonchev–Trinajstić information content (AvgIpc) is 2.33. The molecule has 0 atom stereocenters. The SMILES string of the molecule is CCCCOCCNC1CCN(S(C)(=O)=O)CC1. The molecule has 5 nitrogen and oxygen atoms in total. The van der Waals surface area contributed by atoms with Gasteiger partial charge in [0.25, 0.3) is 0 Å². The number of nitrogens with one attached hydrogen (secondary N) is 1. The topological polar surface area (TPSA) is 58.6 Å². The molecule has 0 aliphatic carbocycles. The molecular formula is C12H26N2O3S. The fourth-order valence-electron chi connectivity index (χ4n) is 2.08. The Balaban J connectivity index is 2.06. The second kappa shape index (κ2) is 8.09. The first kappa shape index (κ1) is 15.9. The molecule has 0 aromatic rings. The molecule has 1 aliphatic heterocycles. The second-order valence-electron chi connectivity index (χ2n) is 4.86. The Labute approximate surface area is 111 Å². The van der Waals surface area contributed by atoms with Crippen molar-refractivity contribution < 1.29 is 13.2 Å². The first-order valence-corrected chi connectivity index (χ1v) is 8.65. The highest BCUT2D eigenvalue weighted by atomic mass is 32.2. The van der Waals surface area contributed by atoms with Crippen LogP contribution in [0.15, 0.2) is 0 Å². The first-order chi connectivity index (χ1) is 8.54. The zero-order valence-electron chi connectivity index (χ0n) is 11.5. The van der Waals surface area contributed by atoms with Gasteiger partial charge in [-0.2, -0.15) is 0 Å². The maximum atomic E-state index is 11.3. The lowest BCUT2D eigenvalue weighted by molar-refractivity contribution is 0.128. The monoisotopic (exact) mass is 278 g/mol. The third-order valence-electron chi connectivity index (χ3n) is 3.24. The van der Waals surface area contributed by atoms with Gasteiger partial charge in [-0.25, -0.2) is 12.7 Å². The van der Waals surface area contributed by atoms with E-state index in [9.17, 15) is 8.42 Å². The molecule has 108 valence electrons. The molecule has 0 aromatic carbocycles. The zero-order chi connectivity index (χ0) is 13.4. The number of hydrogen-bond acceptors (Lipinski definition) is 4. The van der Waals surface area contributed by atoms with E-state index in [4.69, 9.17) is 4.74 Å². The van der Waals surface area contributed by atoms with Crippen molar-refractivity contribution in [1.29, 1.82) is 0 Å². The Bertz CT molecular complexity index is 311. The minimum absolute atomic E-state index is 0.428. The van der Waals surface area contributed by atoms with Gasteiger partial charge >= 0.3 is 0 Å². The molecule has 0 saturated carbocycles. The fraction of sp³-hybridized carbons (Fsp3) is 1.00. The number of sulfonamides is 1. The van der Waals surface area contributed by atoms with Crippen molar-refractivity contribution in [1.82, 2.24) is 9.62 Å². The summed E-state index contributed by atoms with van der Waals surface area (Å²) in [5.74, 6) is 0. The lowest BCUT2D eigenvalue weighted by Gasteiger charge is -2.30. The van der Waals surface area contributed by atoms with E-state index in [1.165, 1.54) is 6.26 Å². The Morgan fingerprint density at radius 1 is 1.28 bits per heavy atom. The maximum Gasteiger partial charge on any atom is 0.211 e. The molecule has 6 heteroatoms. The van der Waals surface area contributed by atoms with Crippen LogP contribution in [-0.4, -0.2) is 57.9 Å². The molecule has 0 aromatic heterocycles. The Morgan fingerprint density at radius 2 is 1.94 bits per heavy atom. The van der Waals surface area contributed by atoms with Crippen molar-refractivity contribution in [2.75, 3.05) is 39.1 Å². The van der Waals surface area contributed by atoms with Crippen molar-refractivity contribution in [3.8, 4) is 0 Å². The van der Waals surface area contributed by atoms with Crippen LogP contribution in [0.5, 0.6) is 0 Å². The van der Waals surface area contributed by atoms with Crippen molar-refractivity contribution in [3.05, 3.63) is 0 Å². The molecule has 1 heterocycles. The lowest BCUT2D eigenvalue weighted by Crippen LogP contribution is -2.45. The lowest BCUT2D eigenvalue weighted by atomic mass is 10.1. The third-order valence-corrected chi connectivity index (χ3v) is 4.55. The molecule has 0 amide bonds. The van der Waals surface area contributed by atoms with E-state index < -0.39 is 10.0 Å².